The van der Waals surface area contributed by atoms with Crippen molar-refractivity contribution < 1.29 is 4.74 Å². The average molecular weight is 258 g/mol. The van der Waals surface area contributed by atoms with E-state index in [2.05, 4.69) is 35.6 Å². The Morgan fingerprint density at radius 2 is 2.26 bits per heavy atom. The third-order valence-corrected chi connectivity index (χ3v) is 4.11. The number of methoxy groups -OCH3 is 1. The molecule has 1 saturated heterocycles. The number of fused-ring (bicyclic) bond motifs is 1. The van der Waals surface area contributed by atoms with Gasteiger partial charge in [0.25, 0.3) is 0 Å². The molecule has 0 radical (unpaired) electrons. The van der Waals surface area contributed by atoms with Crippen LogP contribution >= 0.6 is 0 Å². The molecule has 2 aromatic rings. The maximum Gasteiger partial charge on any atom is 0.143 e. The minimum absolute atomic E-state index is 0.763. The summed E-state index contributed by atoms with van der Waals surface area (Å²) < 4.78 is 5.47. The van der Waals surface area contributed by atoms with Crippen molar-refractivity contribution in [3.05, 3.63) is 29.5 Å². The highest BCUT2D eigenvalue weighted by Gasteiger charge is 2.16. The molecule has 1 unspecified atom stereocenters. The summed E-state index contributed by atoms with van der Waals surface area (Å²) in [4.78, 5) is 3.38. The molecule has 1 fully saturated rings. The molecular formula is C16H22N2O. The van der Waals surface area contributed by atoms with Gasteiger partial charge in [0, 0.05) is 11.6 Å². The molecule has 102 valence electrons. The number of aryl methyl sites for hydroxylation is 1. The zero-order valence-electron chi connectivity index (χ0n) is 11.8. The molecule has 1 aliphatic heterocycles. The van der Waals surface area contributed by atoms with Gasteiger partial charge >= 0.3 is 0 Å². The van der Waals surface area contributed by atoms with Gasteiger partial charge in [0.1, 0.15) is 5.75 Å². The molecule has 2 heterocycles. The van der Waals surface area contributed by atoms with Crippen LogP contribution in [0.25, 0.3) is 10.9 Å². The molecular weight excluding hydrogens is 236 g/mol. The standard InChI is InChI=1S/C16H22N2O/c1-11-6-14-13(8-12-4-3-5-17-9-12)10-18-16(14)15(7-11)19-2/h6-7,10,12,17-18H,3-5,8-9H2,1-2H3. The van der Waals surface area contributed by atoms with Crippen LogP contribution in [0.3, 0.4) is 0 Å². The first kappa shape index (κ1) is 12.5. The van der Waals surface area contributed by atoms with E-state index in [1.165, 1.54) is 35.9 Å². The summed E-state index contributed by atoms with van der Waals surface area (Å²) in [5, 5.41) is 4.82. The van der Waals surface area contributed by atoms with Crippen LogP contribution in [0.4, 0.5) is 0 Å². The highest BCUT2D eigenvalue weighted by atomic mass is 16.5. The summed E-state index contributed by atoms with van der Waals surface area (Å²) in [7, 11) is 1.74. The number of aromatic amines is 1. The highest BCUT2D eigenvalue weighted by Crippen LogP contribution is 2.30. The van der Waals surface area contributed by atoms with E-state index in [1.807, 2.05) is 0 Å². The Bertz CT molecular complexity index is 567. The summed E-state index contributed by atoms with van der Waals surface area (Å²) in [5.74, 6) is 1.71. The fraction of sp³-hybridized carbons (Fsp3) is 0.500. The second kappa shape index (κ2) is 5.25. The minimum Gasteiger partial charge on any atom is -0.495 e. The maximum absolute atomic E-state index is 5.47. The molecule has 1 aromatic carbocycles. The van der Waals surface area contributed by atoms with Crippen LogP contribution < -0.4 is 10.1 Å². The number of H-pyrrole nitrogens is 1. The molecule has 1 atom stereocenters. The summed E-state index contributed by atoms with van der Waals surface area (Å²) in [5.41, 5.74) is 3.81. The van der Waals surface area contributed by atoms with E-state index in [-0.39, 0.29) is 0 Å². The quantitative estimate of drug-likeness (QED) is 0.888. The van der Waals surface area contributed by atoms with Crippen LogP contribution in [0, 0.1) is 12.8 Å². The molecule has 0 spiro atoms. The van der Waals surface area contributed by atoms with Gasteiger partial charge < -0.3 is 15.0 Å². The predicted molar refractivity (Wildman–Crippen MR) is 78.9 cm³/mol. The van der Waals surface area contributed by atoms with Crippen molar-refractivity contribution in [2.75, 3.05) is 20.2 Å². The first-order chi connectivity index (χ1) is 9.28. The van der Waals surface area contributed by atoms with Crippen LogP contribution in [-0.2, 0) is 6.42 Å². The third-order valence-electron chi connectivity index (χ3n) is 4.11. The lowest BCUT2D eigenvalue weighted by Gasteiger charge is -2.22. The Kier molecular flexibility index (Phi) is 3.47. The smallest absolute Gasteiger partial charge is 0.143 e. The van der Waals surface area contributed by atoms with Gasteiger partial charge in [0.2, 0.25) is 0 Å². The van der Waals surface area contributed by atoms with Gasteiger partial charge in [0.05, 0.1) is 12.6 Å². The molecule has 0 bridgehead atoms. The van der Waals surface area contributed by atoms with E-state index in [0.717, 1.165) is 30.1 Å². The number of benzene rings is 1. The SMILES string of the molecule is COc1cc(C)cc2c(CC3CCCNC3)c[nH]c12. The van der Waals surface area contributed by atoms with Gasteiger partial charge in [-0.1, -0.05) is 0 Å². The first-order valence-electron chi connectivity index (χ1n) is 7.13. The number of hydrogen-bond acceptors (Lipinski definition) is 2. The largest absolute Gasteiger partial charge is 0.495 e. The van der Waals surface area contributed by atoms with E-state index in [4.69, 9.17) is 4.74 Å². The number of nitrogens with one attached hydrogen (secondary N) is 2. The molecule has 1 aromatic heterocycles. The van der Waals surface area contributed by atoms with E-state index in [9.17, 15) is 0 Å². The molecule has 0 aliphatic carbocycles. The molecule has 1 aliphatic rings. The van der Waals surface area contributed by atoms with Gasteiger partial charge in [-0.2, -0.15) is 0 Å². The predicted octanol–water partition coefficient (Wildman–Crippen LogP) is 3.03. The number of hydrogen-bond donors (Lipinski definition) is 2. The highest BCUT2D eigenvalue weighted by molar-refractivity contribution is 5.89. The normalized spacial score (nSPS) is 19.8. The fourth-order valence-electron chi connectivity index (χ4n) is 3.13. The molecule has 0 amide bonds. The second-order valence-corrected chi connectivity index (χ2v) is 5.62. The molecule has 0 saturated carbocycles. The average Bonchev–Trinajstić information content (AvgIpc) is 2.82. The van der Waals surface area contributed by atoms with Crippen molar-refractivity contribution in [2.24, 2.45) is 5.92 Å². The Balaban J connectivity index is 1.93. The van der Waals surface area contributed by atoms with Crippen LogP contribution in [-0.4, -0.2) is 25.2 Å². The molecule has 3 heteroatoms. The lowest BCUT2D eigenvalue weighted by atomic mass is 9.92. The Morgan fingerprint density at radius 1 is 1.37 bits per heavy atom. The molecule has 19 heavy (non-hydrogen) atoms. The third kappa shape index (κ3) is 2.47. The Hall–Kier alpha value is -1.48. The zero-order valence-corrected chi connectivity index (χ0v) is 11.8. The second-order valence-electron chi connectivity index (χ2n) is 5.62. The summed E-state index contributed by atoms with van der Waals surface area (Å²) in [6.07, 6.45) is 5.94. The van der Waals surface area contributed by atoms with Crippen LogP contribution in [0.5, 0.6) is 5.75 Å². The Labute approximate surface area is 114 Å². The van der Waals surface area contributed by atoms with Crippen LogP contribution in [0.1, 0.15) is 24.0 Å². The van der Waals surface area contributed by atoms with Crippen LogP contribution in [0.15, 0.2) is 18.3 Å². The van der Waals surface area contributed by atoms with Gasteiger partial charge in [-0.15, -0.1) is 0 Å². The molecule has 3 nitrogen and oxygen atoms in total. The summed E-state index contributed by atoms with van der Waals surface area (Å²) >= 11 is 0. The number of ether oxygens (including phenoxy) is 1. The van der Waals surface area contributed by atoms with Crippen molar-refractivity contribution in [3.8, 4) is 5.75 Å². The van der Waals surface area contributed by atoms with Crippen molar-refractivity contribution in [2.45, 2.75) is 26.2 Å². The van der Waals surface area contributed by atoms with E-state index in [0.29, 0.717) is 0 Å². The zero-order chi connectivity index (χ0) is 13.2. The number of rotatable bonds is 3. The van der Waals surface area contributed by atoms with Crippen molar-refractivity contribution >= 4 is 10.9 Å². The Morgan fingerprint density at radius 3 is 3.00 bits per heavy atom. The van der Waals surface area contributed by atoms with Gasteiger partial charge in [-0.05, 0) is 68.5 Å². The summed E-state index contributed by atoms with van der Waals surface area (Å²) in [6, 6.07) is 4.35. The first-order valence-corrected chi connectivity index (χ1v) is 7.13. The van der Waals surface area contributed by atoms with Gasteiger partial charge in [0.15, 0.2) is 0 Å². The van der Waals surface area contributed by atoms with Crippen molar-refractivity contribution in [1.82, 2.24) is 10.3 Å². The van der Waals surface area contributed by atoms with Gasteiger partial charge in [-0.3, -0.25) is 0 Å². The van der Waals surface area contributed by atoms with E-state index in [1.54, 1.807) is 7.11 Å². The van der Waals surface area contributed by atoms with E-state index >= 15 is 0 Å². The summed E-state index contributed by atoms with van der Waals surface area (Å²) in [6.45, 7) is 4.45. The lowest BCUT2D eigenvalue weighted by Crippen LogP contribution is -2.30. The molecule has 3 rings (SSSR count). The number of piperidine rings is 1. The molecule has 2 N–H and O–H groups in total. The number of aromatic nitrogens is 1. The topological polar surface area (TPSA) is 37.0 Å². The van der Waals surface area contributed by atoms with Crippen molar-refractivity contribution in [1.29, 1.82) is 0 Å². The monoisotopic (exact) mass is 258 g/mol. The van der Waals surface area contributed by atoms with Gasteiger partial charge in [-0.25, -0.2) is 0 Å². The maximum atomic E-state index is 5.47. The lowest BCUT2D eigenvalue weighted by molar-refractivity contribution is 0.377. The van der Waals surface area contributed by atoms with E-state index < -0.39 is 0 Å². The minimum atomic E-state index is 0.763. The van der Waals surface area contributed by atoms with Crippen molar-refractivity contribution in [3.63, 3.8) is 0 Å². The van der Waals surface area contributed by atoms with Crippen LogP contribution in [0.2, 0.25) is 0 Å². The fourth-order valence-corrected chi connectivity index (χ4v) is 3.13.